The van der Waals surface area contributed by atoms with Gasteiger partial charge in [-0.3, -0.25) is 9.59 Å². The molecule has 0 aliphatic carbocycles. The van der Waals surface area contributed by atoms with E-state index in [1.54, 1.807) is 36.4 Å². The second-order valence-electron chi connectivity index (χ2n) is 5.08. The zero-order chi connectivity index (χ0) is 17.7. The molecule has 0 aliphatic rings. The Bertz CT molecular complexity index is 712. The number of nitrogens with one attached hydrogen (secondary N) is 1. The van der Waals surface area contributed by atoms with Gasteiger partial charge in [-0.2, -0.15) is 0 Å². The van der Waals surface area contributed by atoms with E-state index in [0.717, 1.165) is 5.56 Å². The first-order valence-corrected chi connectivity index (χ1v) is 8.14. The van der Waals surface area contributed by atoms with Crippen molar-refractivity contribution in [1.82, 2.24) is 0 Å². The molecule has 4 nitrogen and oxygen atoms in total. The van der Waals surface area contributed by atoms with Crippen LogP contribution in [0, 0.1) is 6.92 Å². The quantitative estimate of drug-likeness (QED) is 0.759. The molecule has 1 N–H and O–H groups in total. The third kappa shape index (κ3) is 5.41. The molecule has 2 aromatic carbocycles. The standard InChI is InChI=1S/C17H14Cl3NO3/c1-10-6-12(18)4-5-15(10)21-16(22)9-24-17(23)7-11-2-3-13(19)8-14(11)20/h2-6,8H,7,9H2,1H3,(H,21,22). The number of hydrogen-bond acceptors (Lipinski definition) is 3. The summed E-state index contributed by atoms with van der Waals surface area (Å²) < 4.78 is 4.96. The highest BCUT2D eigenvalue weighted by Gasteiger charge is 2.12. The summed E-state index contributed by atoms with van der Waals surface area (Å²) in [5.74, 6) is -0.988. The van der Waals surface area contributed by atoms with E-state index in [4.69, 9.17) is 39.5 Å². The Labute approximate surface area is 154 Å². The zero-order valence-electron chi connectivity index (χ0n) is 12.7. The van der Waals surface area contributed by atoms with Crippen LogP contribution in [0.5, 0.6) is 0 Å². The van der Waals surface area contributed by atoms with Crippen LogP contribution in [0.15, 0.2) is 36.4 Å². The van der Waals surface area contributed by atoms with Crippen LogP contribution in [0.4, 0.5) is 5.69 Å². The maximum Gasteiger partial charge on any atom is 0.310 e. The summed E-state index contributed by atoms with van der Waals surface area (Å²) >= 11 is 17.6. The Morgan fingerprint density at radius 2 is 1.71 bits per heavy atom. The van der Waals surface area contributed by atoms with Crippen molar-refractivity contribution >= 4 is 52.4 Å². The van der Waals surface area contributed by atoms with Crippen LogP contribution in [0.25, 0.3) is 0 Å². The van der Waals surface area contributed by atoms with Crippen LogP contribution < -0.4 is 5.32 Å². The molecule has 24 heavy (non-hydrogen) atoms. The zero-order valence-corrected chi connectivity index (χ0v) is 15.0. The molecule has 0 aromatic heterocycles. The number of amides is 1. The summed E-state index contributed by atoms with van der Waals surface area (Å²) in [6.45, 7) is 1.43. The fourth-order valence-corrected chi connectivity index (χ4v) is 2.67. The molecule has 0 heterocycles. The summed E-state index contributed by atoms with van der Waals surface area (Å²) in [7, 11) is 0. The third-order valence-corrected chi connectivity index (χ3v) is 4.00. The summed E-state index contributed by atoms with van der Waals surface area (Å²) in [6.07, 6.45) is -0.0384. The highest BCUT2D eigenvalue weighted by Crippen LogP contribution is 2.22. The first kappa shape index (κ1) is 18.6. The average molecular weight is 387 g/mol. The molecule has 2 rings (SSSR count). The lowest BCUT2D eigenvalue weighted by atomic mass is 10.1. The Balaban J connectivity index is 1.85. The summed E-state index contributed by atoms with van der Waals surface area (Å²) in [6, 6.07) is 9.90. The van der Waals surface area contributed by atoms with E-state index in [1.165, 1.54) is 0 Å². The molecule has 7 heteroatoms. The van der Waals surface area contributed by atoms with E-state index in [1.807, 2.05) is 6.92 Å². The van der Waals surface area contributed by atoms with E-state index in [9.17, 15) is 9.59 Å². The average Bonchev–Trinajstić information content (AvgIpc) is 2.51. The van der Waals surface area contributed by atoms with Gasteiger partial charge in [0.25, 0.3) is 5.91 Å². The molecule has 2 aromatic rings. The van der Waals surface area contributed by atoms with E-state index in [-0.39, 0.29) is 13.0 Å². The molecule has 126 valence electrons. The van der Waals surface area contributed by atoms with E-state index in [0.29, 0.717) is 26.3 Å². The first-order valence-electron chi connectivity index (χ1n) is 7.00. The van der Waals surface area contributed by atoms with Crippen LogP contribution in [0.3, 0.4) is 0 Å². The maximum atomic E-state index is 11.9. The van der Waals surface area contributed by atoms with Crippen molar-refractivity contribution in [2.45, 2.75) is 13.3 Å². The van der Waals surface area contributed by atoms with Gasteiger partial charge in [0.05, 0.1) is 6.42 Å². The topological polar surface area (TPSA) is 55.4 Å². The maximum absolute atomic E-state index is 11.9. The monoisotopic (exact) mass is 385 g/mol. The molecular weight excluding hydrogens is 373 g/mol. The van der Waals surface area contributed by atoms with Gasteiger partial charge in [0.15, 0.2) is 6.61 Å². The van der Waals surface area contributed by atoms with Crippen molar-refractivity contribution in [3.63, 3.8) is 0 Å². The number of hydrogen-bond donors (Lipinski definition) is 1. The van der Waals surface area contributed by atoms with E-state index in [2.05, 4.69) is 5.32 Å². The number of aryl methyl sites for hydroxylation is 1. The second-order valence-corrected chi connectivity index (χ2v) is 6.36. The van der Waals surface area contributed by atoms with Crippen molar-refractivity contribution in [1.29, 1.82) is 0 Å². The number of esters is 1. The summed E-state index contributed by atoms with van der Waals surface area (Å²) in [5.41, 5.74) is 2.01. The largest absolute Gasteiger partial charge is 0.455 e. The minimum Gasteiger partial charge on any atom is -0.455 e. The van der Waals surface area contributed by atoms with Crippen LogP contribution in [0.2, 0.25) is 15.1 Å². The molecule has 1 amide bonds. The Morgan fingerprint density at radius 1 is 1.04 bits per heavy atom. The molecule has 0 atom stereocenters. The van der Waals surface area contributed by atoms with E-state index < -0.39 is 11.9 Å². The SMILES string of the molecule is Cc1cc(Cl)ccc1NC(=O)COC(=O)Cc1ccc(Cl)cc1Cl. The number of halogens is 3. The number of ether oxygens (including phenoxy) is 1. The van der Waals surface area contributed by atoms with Gasteiger partial charge >= 0.3 is 5.97 Å². The lowest BCUT2D eigenvalue weighted by Crippen LogP contribution is -2.22. The Morgan fingerprint density at radius 3 is 2.38 bits per heavy atom. The molecule has 0 saturated carbocycles. The predicted molar refractivity (Wildman–Crippen MR) is 95.9 cm³/mol. The van der Waals surface area contributed by atoms with Crippen molar-refractivity contribution in [3.05, 3.63) is 62.6 Å². The van der Waals surface area contributed by atoms with Crippen LogP contribution in [0.1, 0.15) is 11.1 Å². The number of rotatable bonds is 5. The number of anilines is 1. The van der Waals surface area contributed by atoms with Crippen molar-refractivity contribution < 1.29 is 14.3 Å². The summed E-state index contributed by atoms with van der Waals surface area (Å²) in [5, 5.41) is 4.09. The molecule has 0 spiro atoms. The minimum absolute atomic E-state index is 0.0384. The van der Waals surface area contributed by atoms with Crippen molar-refractivity contribution in [2.75, 3.05) is 11.9 Å². The fourth-order valence-electron chi connectivity index (χ4n) is 1.97. The van der Waals surface area contributed by atoms with Crippen molar-refractivity contribution in [2.24, 2.45) is 0 Å². The van der Waals surface area contributed by atoms with Gasteiger partial charge in [0.1, 0.15) is 0 Å². The van der Waals surface area contributed by atoms with Crippen LogP contribution in [-0.2, 0) is 20.7 Å². The van der Waals surface area contributed by atoms with Gasteiger partial charge < -0.3 is 10.1 Å². The van der Waals surface area contributed by atoms with Gasteiger partial charge in [-0.15, -0.1) is 0 Å². The van der Waals surface area contributed by atoms with Gasteiger partial charge in [-0.1, -0.05) is 40.9 Å². The molecule has 0 saturated heterocycles. The first-order chi connectivity index (χ1) is 11.3. The number of benzene rings is 2. The number of carbonyl (C=O) groups is 2. The van der Waals surface area contributed by atoms with E-state index >= 15 is 0 Å². The molecular formula is C17H14Cl3NO3. The summed E-state index contributed by atoms with van der Waals surface area (Å²) in [4.78, 5) is 23.7. The van der Waals surface area contributed by atoms with Gasteiger partial charge in [0, 0.05) is 20.8 Å². The lowest BCUT2D eigenvalue weighted by Gasteiger charge is -2.09. The minimum atomic E-state index is -0.554. The highest BCUT2D eigenvalue weighted by atomic mass is 35.5. The molecule has 0 unspecified atom stereocenters. The van der Waals surface area contributed by atoms with Crippen molar-refractivity contribution in [3.8, 4) is 0 Å². The third-order valence-electron chi connectivity index (χ3n) is 3.18. The predicted octanol–water partition coefficient (Wildman–Crippen LogP) is 4.68. The van der Waals surface area contributed by atoms with Gasteiger partial charge in [-0.05, 0) is 48.4 Å². The fraction of sp³-hybridized carbons (Fsp3) is 0.176. The van der Waals surface area contributed by atoms with Crippen LogP contribution >= 0.6 is 34.8 Å². The van der Waals surface area contributed by atoms with Gasteiger partial charge in [-0.25, -0.2) is 0 Å². The smallest absolute Gasteiger partial charge is 0.310 e. The lowest BCUT2D eigenvalue weighted by molar-refractivity contribution is -0.146. The molecule has 0 aliphatic heterocycles. The highest BCUT2D eigenvalue weighted by molar-refractivity contribution is 6.35. The molecule has 0 fully saturated rings. The molecule has 0 radical (unpaired) electrons. The van der Waals surface area contributed by atoms with Gasteiger partial charge in [0.2, 0.25) is 0 Å². The number of carbonyl (C=O) groups excluding carboxylic acids is 2. The van der Waals surface area contributed by atoms with Crippen LogP contribution in [-0.4, -0.2) is 18.5 Å². The molecule has 0 bridgehead atoms. The Hall–Kier alpha value is -1.75. The Kier molecular flexibility index (Phi) is 6.49. The second kappa shape index (κ2) is 8.38. The normalized spacial score (nSPS) is 10.3.